The van der Waals surface area contributed by atoms with Crippen molar-refractivity contribution < 1.29 is 0 Å². The Morgan fingerprint density at radius 2 is 1.79 bits per heavy atom. The molecule has 2 aliphatic rings. The molecular formula is C14H25N5. The molecule has 2 fully saturated rings. The van der Waals surface area contributed by atoms with Gasteiger partial charge in [-0.15, -0.1) is 5.10 Å². The normalized spacial score (nSPS) is 22.4. The zero-order valence-electron chi connectivity index (χ0n) is 11.7. The van der Waals surface area contributed by atoms with Crippen LogP contribution in [0.25, 0.3) is 0 Å². The van der Waals surface area contributed by atoms with Gasteiger partial charge in [-0.3, -0.25) is 5.10 Å². The van der Waals surface area contributed by atoms with Gasteiger partial charge in [-0.2, -0.15) is 4.98 Å². The zero-order chi connectivity index (χ0) is 12.9. The van der Waals surface area contributed by atoms with Gasteiger partial charge in [0.2, 0.25) is 5.95 Å². The molecule has 2 N–H and O–H groups in total. The molecule has 19 heavy (non-hydrogen) atoms. The molecule has 0 spiro atoms. The van der Waals surface area contributed by atoms with Crippen LogP contribution < -0.4 is 10.2 Å². The molecule has 0 amide bonds. The third-order valence-electron chi connectivity index (χ3n) is 4.38. The standard InChI is InChI=1S/C14H25N5/c1-2-4-6-12(5-3-1)11-13-16-14(18-17-13)19-9-7-15-8-10-19/h12,15H,1-11H2,(H,16,17,18). The van der Waals surface area contributed by atoms with E-state index in [0.29, 0.717) is 0 Å². The van der Waals surface area contributed by atoms with E-state index in [1.165, 1.54) is 38.5 Å². The second-order valence-corrected chi connectivity index (χ2v) is 5.88. The van der Waals surface area contributed by atoms with E-state index in [0.717, 1.165) is 50.3 Å². The number of hydrogen-bond donors (Lipinski definition) is 2. The van der Waals surface area contributed by atoms with Gasteiger partial charge in [0.05, 0.1) is 0 Å². The summed E-state index contributed by atoms with van der Waals surface area (Å²) >= 11 is 0. The molecule has 3 rings (SSSR count). The van der Waals surface area contributed by atoms with E-state index in [9.17, 15) is 0 Å². The zero-order valence-corrected chi connectivity index (χ0v) is 11.7. The lowest BCUT2D eigenvalue weighted by molar-refractivity contribution is 0.448. The highest BCUT2D eigenvalue weighted by atomic mass is 15.4. The van der Waals surface area contributed by atoms with Gasteiger partial charge in [-0.25, -0.2) is 0 Å². The van der Waals surface area contributed by atoms with Crippen LogP contribution in [0.15, 0.2) is 0 Å². The monoisotopic (exact) mass is 263 g/mol. The Labute approximate surface area is 115 Å². The minimum atomic E-state index is 0.811. The van der Waals surface area contributed by atoms with Crippen LogP contribution in [0, 0.1) is 5.92 Å². The summed E-state index contributed by atoms with van der Waals surface area (Å²) < 4.78 is 0. The highest BCUT2D eigenvalue weighted by Gasteiger charge is 2.18. The van der Waals surface area contributed by atoms with E-state index in [-0.39, 0.29) is 0 Å². The Hall–Kier alpha value is -1.10. The van der Waals surface area contributed by atoms with Crippen molar-refractivity contribution in [2.45, 2.75) is 44.9 Å². The van der Waals surface area contributed by atoms with Gasteiger partial charge in [-0.1, -0.05) is 38.5 Å². The largest absolute Gasteiger partial charge is 0.337 e. The number of nitrogens with one attached hydrogen (secondary N) is 2. The maximum absolute atomic E-state index is 4.69. The van der Waals surface area contributed by atoms with E-state index >= 15 is 0 Å². The Morgan fingerprint density at radius 3 is 2.53 bits per heavy atom. The lowest BCUT2D eigenvalue weighted by Crippen LogP contribution is -2.44. The topological polar surface area (TPSA) is 56.8 Å². The Bertz CT molecular complexity index is 375. The molecular weight excluding hydrogens is 238 g/mol. The first-order valence-corrected chi connectivity index (χ1v) is 7.79. The van der Waals surface area contributed by atoms with E-state index in [4.69, 9.17) is 4.98 Å². The average molecular weight is 263 g/mol. The van der Waals surface area contributed by atoms with Gasteiger partial charge in [0.1, 0.15) is 5.82 Å². The first-order valence-electron chi connectivity index (χ1n) is 7.79. The van der Waals surface area contributed by atoms with Crippen LogP contribution >= 0.6 is 0 Å². The van der Waals surface area contributed by atoms with Crippen LogP contribution in [0.5, 0.6) is 0 Å². The smallest absolute Gasteiger partial charge is 0.244 e. The van der Waals surface area contributed by atoms with Crippen LogP contribution in [0.4, 0.5) is 5.95 Å². The minimum absolute atomic E-state index is 0.811. The fourth-order valence-corrected chi connectivity index (χ4v) is 3.22. The van der Waals surface area contributed by atoms with Gasteiger partial charge >= 0.3 is 0 Å². The van der Waals surface area contributed by atoms with Crippen molar-refractivity contribution in [2.24, 2.45) is 5.92 Å². The van der Waals surface area contributed by atoms with Crippen LogP contribution in [-0.2, 0) is 6.42 Å². The molecule has 106 valence electrons. The maximum atomic E-state index is 4.69. The highest BCUT2D eigenvalue weighted by Crippen LogP contribution is 2.25. The summed E-state index contributed by atoms with van der Waals surface area (Å²) in [6.45, 7) is 4.10. The van der Waals surface area contributed by atoms with Crippen LogP contribution in [0.2, 0.25) is 0 Å². The van der Waals surface area contributed by atoms with Crippen molar-refractivity contribution in [1.29, 1.82) is 0 Å². The first kappa shape index (κ1) is 12.9. The average Bonchev–Trinajstić information content (AvgIpc) is 2.76. The summed E-state index contributed by atoms with van der Waals surface area (Å²) in [7, 11) is 0. The summed E-state index contributed by atoms with van der Waals surface area (Å²) in [4.78, 5) is 6.96. The quantitative estimate of drug-likeness (QED) is 0.815. The molecule has 0 radical (unpaired) electrons. The molecule has 0 unspecified atom stereocenters. The maximum Gasteiger partial charge on any atom is 0.244 e. The van der Waals surface area contributed by atoms with Gasteiger partial charge < -0.3 is 10.2 Å². The summed E-state index contributed by atoms with van der Waals surface area (Å²) in [5, 5.41) is 10.9. The number of anilines is 1. The third kappa shape index (κ3) is 3.47. The number of aromatic amines is 1. The molecule has 1 saturated carbocycles. The van der Waals surface area contributed by atoms with Crippen molar-refractivity contribution in [3.05, 3.63) is 5.82 Å². The van der Waals surface area contributed by atoms with E-state index in [1.54, 1.807) is 0 Å². The van der Waals surface area contributed by atoms with Crippen molar-refractivity contribution in [2.75, 3.05) is 31.1 Å². The molecule has 1 aromatic rings. The molecule has 2 heterocycles. The second-order valence-electron chi connectivity index (χ2n) is 5.88. The number of H-pyrrole nitrogens is 1. The molecule has 5 heteroatoms. The molecule has 0 atom stereocenters. The predicted molar refractivity (Wildman–Crippen MR) is 76.4 cm³/mol. The molecule has 1 aliphatic carbocycles. The summed E-state index contributed by atoms with van der Waals surface area (Å²) in [6.07, 6.45) is 9.43. The summed E-state index contributed by atoms with van der Waals surface area (Å²) in [5.41, 5.74) is 0. The summed E-state index contributed by atoms with van der Waals surface area (Å²) in [5.74, 6) is 2.79. The van der Waals surface area contributed by atoms with Crippen LogP contribution in [-0.4, -0.2) is 41.4 Å². The lowest BCUT2D eigenvalue weighted by atomic mass is 9.96. The van der Waals surface area contributed by atoms with Crippen LogP contribution in [0.3, 0.4) is 0 Å². The SMILES string of the molecule is C1CCCC(Cc2nc(N3CCNCC3)n[nH]2)CC1. The Kier molecular flexibility index (Phi) is 4.33. The van der Waals surface area contributed by atoms with Gasteiger partial charge in [0.25, 0.3) is 0 Å². The summed E-state index contributed by atoms with van der Waals surface area (Å²) in [6, 6.07) is 0. The number of piperazine rings is 1. The van der Waals surface area contributed by atoms with Crippen molar-refractivity contribution >= 4 is 5.95 Å². The van der Waals surface area contributed by atoms with E-state index in [1.807, 2.05) is 0 Å². The Morgan fingerprint density at radius 1 is 1.05 bits per heavy atom. The number of aromatic nitrogens is 3. The number of hydrogen-bond acceptors (Lipinski definition) is 4. The predicted octanol–water partition coefficient (Wildman–Crippen LogP) is 1.73. The Balaban J connectivity index is 1.57. The van der Waals surface area contributed by atoms with Crippen molar-refractivity contribution in [1.82, 2.24) is 20.5 Å². The molecule has 1 aromatic heterocycles. The fraction of sp³-hybridized carbons (Fsp3) is 0.857. The molecule has 1 aliphatic heterocycles. The number of rotatable bonds is 3. The van der Waals surface area contributed by atoms with E-state index < -0.39 is 0 Å². The molecule has 0 aromatic carbocycles. The second kappa shape index (κ2) is 6.37. The molecule has 5 nitrogen and oxygen atoms in total. The lowest BCUT2D eigenvalue weighted by Gasteiger charge is -2.25. The minimum Gasteiger partial charge on any atom is -0.337 e. The molecule has 0 bridgehead atoms. The highest BCUT2D eigenvalue weighted by molar-refractivity contribution is 5.29. The van der Waals surface area contributed by atoms with E-state index in [2.05, 4.69) is 20.4 Å². The number of nitrogens with zero attached hydrogens (tertiary/aromatic N) is 3. The fourth-order valence-electron chi connectivity index (χ4n) is 3.22. The van der Waals surface area contributed by atoms with Crippen molar-refractivity contribution in [3.63, 3.8) is 0 Å². The van der Waals surface area contributed by atoms with Gasteiger partial charge in [0, 0.05) is 32.6 Å². The third-order valence-corrected chi connectivity index (χ3v) is 4.38. The first-order chi connectivity index (χ1) is 9.42. The molecule has 1 saturated heterocycles. The van der Waals surface area contributed by atoms with Gasteiger partial charge in [0.15, 0.2) is 0 Å². The van der Waals surface area contributed by atoms with Crippen molar-refractivity contribution in [3.8, 4) is 0 Å². The van der Waals surface area contributed by atoms with Crippen LogP contribution in [0.1, 0.15) is 44.3 Å². The van der Waals surface area contributed by atoms with Gasteiger partial charge in [-0.05, 0) is 5.92 Å².